The molecule has 0 unspecified atom stereocenters. The van der Waals surface area contributed by atoms with Crippen molar-refractivity contribution in [3.63, 3.8) is 0 Å². The van der Waals surface area contributed by atoms with Crippen molar-refractivity contribution in [2.75, 3.05) is 13.7 Å². The molecule has 8 heteroatoms. The van der Waals surface area contributed by atoms with E-state index in [1.54, 1.807) is 24.3 Å². The highest BCUT2D eigenvalue weighted by Gasteiger charge is 2.14. The van der Waals surface area contributed by atoms with Crippen LogP contribution >= 0.6 is 22.6 Å². The number of hydrogen-bond acceptors (Lipinski definition) is 6. The van der Waals surface area contributed by atoms with Gasteiger partial charge < -0.3 is 14.2 Å². The van der Waals surface area contributed by atoms with Gasteiger partial charge >= 0.3 is 5.97 Å². The summed E-state index contributed by atoms with van der Waals surface area (Å²) in [6, 6.07) is 8.74. The Morgan fingerprint density at radius 1 is 1.21 bits per heavy atom. The molecule has 0 aliphatic heterocycles. The Kier molecular flexibility index (Phi) is 7.80. The molecule has 0 bridgehead atoms. The van der Waals surface area contributed by atoms with E-state index < -0.39 is 5.97 Å². The number of rotatable bonds is 7. The van der Waals surface area contributed by atoms with Crippen LogP contribution in [-0.2, 0) is 4.79 Å². The van der Waals surface area contributed by atoms with Gasteiger partial charge in [-0.2, -0.15) is 5.10 Å². The van der Waals surface area contributed by atoms with Crippen LogP contribution in [0.5, 0.6) is 17.2 Å². The van der Waals surface area contributed by atoms with Gasteiger partial charge in [-0.15, -0.1) is 0 Å². The number of benzene rings is 2. The topological polar surface area (TPSA) is 86.2 Å². The van der Waals surface area contributed by atoms with Gasteiger partial charge in [0.2, 0.25) is 0 Å². The van der Waals surface area contributed by atoms with Gasteiger partial charge in [0.25, 0.3) is 5.91 Å². The Balaban J connectivity index is 2.20. The molecule has 0 aliphatic carbocycles. The van der Waals surface area contributed by atoms with Gasteiger partial charge in [-0.1, -0.05) is 6.07 Å². The third kappa shape index (κ3) is 5.69. The number of carbonyl (C=O) groups excluding carboxylic acids is 2. The normalized spacial score (nSPS) is 10.6. The molecule has 148 valence electrons. The summed E-state index contributed by atoms with van der Waals surface area (Å²) in [7, 11) is 1.51. The fraction of sp³-hybridized carbons (Fsp3) is 0.250. The van der Waals surface area contributed by atoms with E-state index in [1.165, 1.54) is 20.2 Å². The number of hydrogen-bond donors (Lipinski definition) is 1. The van der Waals surface area contributed by atoms with E-state index in [-0.39, 0.29) is 5.91 Å². The molecule has 2 rings (SSSR count). The van der Waals surface area contributed by atoms with Crippen LogP contribution in [0.1, 0.15) is 35.3 Å². The zero-order valence-corrected chi connectivity index (χ0v) is 18.2. The minimum atomic E-state index is -0.431. The average Bonchev–Trinajstić information content (AvgIpc) is 2.64. The fourth-order valence-corrected chi connectivity index (χ4v) is 3.12. The predicted octanol–water partition coefficient (Wildman–Crippen LogP) is 3.70. The maximum Gasteiger partial charge on any atom is 0.308 e. The molecule has 0 radical (unpaired) electrons. The number of hydrazone groups is 1. The van der Waals surface area contributed by atoms with Gasteiger partial charge in [-0.25, -0.2) is 5.43 Å². The SMILES string of the molecule is CCOc1cc(/C=N\NC(=O)c2ccc(C)cc2OC)cc(I)c1OC(C)=O. The second-order valence-electron chi connectivity index (χ2n) is 5.76. The Hall–Kier alpha value is -2.62. The van der Waals surface area contributed by atoms with Crippen molar-refractivity contribution in [2.45, 2.75) is 20.8 Å². The molecule has 0 saturated carbocycles. The molecule has 0 saturated heterocycles. The van der Waals surface area contributed by atoms with Gasteiger partial charge in [0, 0.05) is 6.92 Å². The smallest absolute Gasteiger partial charge is 0.308 e. The zero-order valence-electron chi connectivity index (χ0n) is 16.0. The minimum absolute atomic E-state index is 0.362. The summed E-state index contributed by atoms with van der Waals surface area (Å²) in [6.07, 6.45) is 1.49. The van der Waals surface area contributed by atoms with E-state index in [1.807, 2.05) is 42.5 Å². The molecule has 1 N–H and O–H groups in total. The summed E-state index contributed by atoms with van der Waals surface area (Å²) in [6.45, 7) is 5.49. The molecule has 0 fully saturated rings. The lowest BCUT2D eigenvalue weighted by Gasteiger charge is -2.12. The Morgan fingerprint density at radius 2 is 1.96 bits per heavy atom. The van der Waals surface area contributed by atoms with Crippen molar-refractivity contribution in [2.24, 2.45) is 5.10 Å². The Labute approximate surface area is 177 Å². The molecule has 7 nitrogen and oxygen atoms in total. The zero-order chi connectivity index (χ0) is 20.7. The number of nitrogens with zero attached hydrogens (tertiary/aromatic N) is 1. The lowest BCUT2D eigenvalue weighted by molar-refractivity contribution is -0.132. The molecule has 1 amide bonds. The van der Waals surface area contributed by atoms with Gasteiger partial charge in [-0.05, 0) is 71.8 Å². The van der Waals surface area contributed by atoms with Crippen LogP contribution in [0, 0.1) is 10.5 Å². The van der Waals surface area contributed by atoms with E-state index in [9.17, 15) is 9.59 Å². The molecule has 0 spiro atoms. The predicted molar refractivity (Wildman–Crippen MR) is 114 cm³/mol. The summed E-state index contributed by atoms with van der Waals surface area (Å²) in [5, 5.41) is 4.00. The lowest BCUT2D eigenvalue weighted by Crippen LogP contribution is -2.18. The second-order valence-corrected chi connectivity index (χ2v) is 6.92. The van der Waals surface area contributed by atoms with E-state index in [2.05, 4.69) is 10.5 Å². The van der Waals surface area contributed by atoms with Gasteiger partial charge in [0.1, 0.15) is 5.75 Å². The minimum Gasteiger partial charge on any atom is -0.496 e. The number of halogens is 1. The second kappa shape index (κ2) is 10.1. The summed E-state index contributed by atoms with van der Waals surface area (Å²) in [5.41, 5.74) is 4.54. The first-order valence-electron chi connectivity index (χ1n) is 8.48. The standard InChI is InChI=1S/C20H21IN2O5/c1-5-27-18-10-14(9-16(21)19(18)28-13(3)24)11-22-23-20(25)15-7-6-12(2)8-17(15)26-4/h6-11H,5H2,1-4H3,(H,23,25)/b22-11-. The molecule has 0 aliphatic rings. The number of methoxy groups -OCH3 is 1. The van der Waals surface area contributed by atoms with Crippen LogP contribution < -0.4 is 19.6 Å². The maximum atomic E-state index is 12.3. The van der Waals surface area contributed by atoms with Crippen molar-refractivity contribution in [1.82, 2.24) is 5.43 Å². The Morgan fingerprint density at radius 3 is 2.61 bits per heavy atom. The summed E-state index contributed by atoms with van der Waals surface area (Å²) < 4.78 is 16.7. The summed E-state index contributed by atoms with van der Waals surface area (Å²) in [4.78, 5) is 23.6. The van der Waals surface area contributed by atoms with E-state index in [4.69, 9.17) is 14.2 Å². The number of carbonyl (C=O) groups is 2. The first-order chi connectivity index (χ1) is 13.3. The Bertz CT molecular complexity index is 912. The number of esters is 1. The van der Waals surface area contributed by atoms with E-state index in [0.717, 1.165) is 5.56 Å². The maximum absolute atomic E-state index is 12.3. The summed E-state index contributed by atoms with van der Waals surface area (Å²) in [5.74, 6) is 0.452. The highest BCUT2D eigenvalue weighted by molar-refractivity contribution is 14.1. The first-order valence-corrected chi connectivity index (χ1v) is 9.56. The lowest BCUT2D eigenvalue weighted by atomic mass is 10.1. The van der Waals surface area contributed by atoms with Crippen LogP contribution in [0.2, 0.25) is 0 Å². The van der Waals surface area contributed by atoms with Crippen LogP contribution in [0.15, 0.2) is 35.4 Å². The number of aryl methyl sites for hydroxylation is 1. The molecule has 0 aromatic heterocycles. The highest BCUT2D eigenvalue weighted by Crippen LogP contribution is 2.34. The highest BCUT2D eigenvalue weighted by atomic mass is 127. The number of amides is 1. The van der Waals surface area contributed by atoms with Crippen molar-refractivity contribution in [3.05, 3.63) is 50.6 Å². The van der Waals surface area contributed by atoms with Gasteiger partial charge in [0.05, 0.1) is 29.1 Å². The molecule has 0 heterocycles. The summed E-state index contributed by atoms with van der Waals surface area (Å²) >= 11 is 2.05. The van der Waals surface area contributed by atoms with Crippen molar-refractivity contribution in [3.8, 4) is 17.2 Å². The molecule has 0 atom stereocenters. The number of ether oxygens (including phenoxy) is 3. The molecular formula is C20H21IN2O5. The van der Waals surface area contributed by atoms with Gasteiger partial charge in [-0.3, -0.25) is 9.59 Å². The van der Waals surface area contributed by atoms with Crippen molar-refractivity contribution >= 4 is 40.7 Å². The quantitative estimate of drug-likeness (QED) is 0.208. The first kappa shape index (κ1) is 21.7. The van der Waals surface area contributed by atoms with Crippen molar-refractivity contribution < 1.29 is 23.8 Å². The van der Waals surface area contributed by atoms with Crippen molar-refractivity contribution in [1.29, 1.82) is 0 Å². The molecule has 2 aromatic rings. The van der Waals surface area contributed by atoms with E-state index >= 15 is 0 Å². The number of nitrogens with one attached hydrogen (secondary N) is 1. The average molecular weight is 496 g/mol. The van der Waals surface area contributed by atoms with Crippen LogP contribution in [0.3, 0.4) is 0 Å². The van der Waals surface area contributed by atoms with Crippen LogP contribution in [0.4, 0.5) is 0 Å². The molecule has 2 aromatic carbocycles. The monoisotopic (exact) mass is 496 g/mol. The van der Waals surface area contributed by atoms with Gasteiger partial charge in [0.15, 0.2) is 11.5 Å². The van der Waals surface area contributed by atoms with E-state index in [0.29, 0.717) is 38.6 Å². The van der Waals surface area contributed by atoms with Crippen LogP contribution in [0.25, 0.3) is 0 Å². The third-order valence-corrected chi connectivity index (χ3v) is 4.36. The third-order valence-electron chi connectivity index (χ3n) is 3.56. The largest absolute Gasteiger partial charge is 0.496 e. The van der Waals surface area contributed by atoms with Crippen LogP contribution in [-0.4, -0.2) is 31.8 Å². The molecular weight excluding hydrogens is 475 g/mol. The molecule has 28 heavy (non-hydrogen) atoms. The fourth-order valence-electron chi connectivity index (χ4n) is 2.38.